The van der Waals surface area contributed by atoms with E-state index in [4.69, 9.17) is 0 Å². The predicted molar refractivity (Wildman–Crippen MR) is 59.6 cm³/mol. The van der Waals surface area contributed by atoms with Crippen molar-refractivity contribution in [3.63, 3.8) is 0 Å². The van der Waals surface area contributed by atoms with Crippen molar-refractivity contribution in [2.24, 2.45) is 0 Å². The van der Waals surface area contributed by atoms with E-state index in [0.29, 0.717) is 0 Å². The summed E-state index contributed by atoms with van der Waals surface area (Å²) in [6.45, 7) is 7.36. The van der Waals surface area contributed by atoms with E-state index in [2.05, 4.69) is 13.2 Å². The van der Waals surface area contributed by atoms with Crippen molar-refractivity contribution < 1.29 is 4.79 Å². The molecule has 0 bridgehead atoms. The number of benzene rings is 1. The third-order valence-corrected chi connectivity index (χ3v) is 2.08. The molecule has 0 aliphatic carbocycles. The molecule has 0 fully saturated rings. The fourth-order valence-electron chi connectivity index (χ4n) is 1.40. The Bertz CT molecular complexity index is 350. The van der Waals surface area contributed by atoms with Gasteiger partial charge in [0, 0.05) is 5.56 Å². The molecule has 0 radical (unpaired) electrons. The Morgan fingerprint density at radius 2 is 1.86 bits per heavy atom. The quantitative estimate of drug-likeness (QED) is 0.510. The van der Waals surface area contributed by atoms with Crippen LogP contribution in [0.1, 0.15) is 21.5 Å². The van der Waals surface area contributed by atoms with Gasteiger partial charge in [0.25, 0.3) is 0 Å². The zero-order chi connectivity index (χ0) is 10.4. The second kappa shape index (κ2) is 5.18. The van der Waals surface area contributed by atoms with Gasteiger partial charge in [-0.15, -0.1) is 13.2 Å². The van der Waals surface area contributed by atoms with E-state index >= 15 is 0 Å². The van der Waals surface area contributed by atoms with E-state index in [1.165, 1.54) is 5.56 Å². The van der Waals surface area contributed by atoms with Gasteiger partial charge in [0.1, 0.15) is 6.29 Å². The molecule has 0 amide bonds. The van der Waals surface area contributed by atoms with Gasteiger partial charge in [0.05, 0.1) is 0 Å². The summed E-state index contributed by atoms with van der Waals surface area (Å²) < 4.78 is 0. The number of allylic oxidation sites excluding steroid dienone is 2. The molecule has 1 heteroatoms. The van der Waals surface area contributed by atoms with Crippen molar-refractivity contribution in [2.45, 2.75) is 12.8 Å². The Labute approximate surface area is 84.8 Å². The number of carbonyl (C=O) groups is 1. The molecule has 1 rings (SSSR count). The lowest BCUT2D eigenvalue weighted by atomic mass is 10.0. The van der Waals surface area contributed by atoms with Crippen LogP contribution in [0, 0.1) is 0 Å². The minimum Gasteiger partial charge on any atom is -0.298 e. The van der Waals surface area contributed by atoms with Crippen molar-refractivity contribution in [3.05, 3.63) is 60.2 Å². The maximum Gasteiger partial charge on any atom is 0.150 e. The molecule has 0 N–H and O–H groups in total. The summed E-state index contributed by atoms with van der Waals surface area (Å²) in [5, 5.41) is 0. The second-order valence-electron chi connectivity index (χ2n) is 3.14. The number of carbonyl (C=O) groups excluding carboxylic acids is 1. The highest BCUT2D eigenvalue weighted by atomic mass is 16.1. The number of rotatable bonds is 5. The van der Waals surface area contributed by atoms with Crippen LogP contribution in [0.25, 0.3) is 0 Å². The smallest absolute Gasteiger partial charge is 0.150 e. The summed E-state index contributed by atoms with van der Waals surface area (Å²) in [5.41, 5.74) is 2.97. The zero-order valence-electron chi connectivity index (χ0n) is 8.20. The van der Waals surface area contributed by atoms with Crippen LogP contribution >= 0.6 is 0 Å². The van der Waals surface area contributed by atoms with E-state index < -0.39 is 0 Å². The predicted octanol–water partition coefficient (Wildman–Crippen LogP) is 2.96. The molecule has 1 aromatic carbocycles. The maximum absolute atomic E-state index is 10.7. The van der Waals surface area contributed by atoms with Gasteiger partial charge in [-0.2, -0.15) is 0 Å². The summed E-state index contributed by atoms with van der Waals surface area (Å²) >= 11 is 0. The van der Waals surface area contributed by atoms with Crippen LogP contribution < -0.4 is 0 Å². The summed E-state index contributed by atoms with van der Waals surface area (Å²) in [6, 6.07) is 5.84. The Balaban J connectivity index is 3.05. The van der Waals surface area contributed by atoms with Gasteiger partial charge in [0.2, 0.25) is 0 Å². The van der Waals surface area contributed by atoms with Gasteiger partial charge in [-0.1, -0.05) is 30.4 Å². The Kier molecular flexibility index (Phi) is 3.86. The van der Waals surface area contributed by atoms with E-state index in [9.17, 15) is 4.79 Å². The van der Waals surface area contributed by atoms with Gasteiger partial charge in [-0.25, -0.2) is 0 Å². The Hall–Kier alpha value is -1.63. The minimum atomic E-state index is 0.735. The van der Waals surface area contributed by atoms with Crippen LogP contribution in [0.2, 0.25) is 0 Å². The van der Waals surface area contributed by atoms with E-state index in [1.807, 2.05) is 24.3 Å². The standard InChI is InChI=1S/C13H14O/c1-3-5-11-7-8-13(10-14)12(9-11)6-4-2/h3-4,7-10H,1-2,5-6H2. The van der Waals surface area contributed by atoms with Crippen LogP contribution in [0.5, 0.6) is 0 Å². The maximum atomic E-state index is 10.7. The van der Waals surface area contributed by atoms with Gasteiger partial charge in [0.15, 0.2) is 0 Å². The van der Waals surface area contributed by atoms with E-state index in [0.717, 1.165) is 30.3 Å². The fourth-order valence-corrected chi connectivity index (χ4v) is 1.40. The van der Waals surface area contributed by atoms with Crippen molar-refractivity contribution in [3.8, 4) is 0 Å². The first kappa shape index (κ1) is 10.5. The molecule has 0 spiro atoms. The third-order valence-electron chi connectivity index (χ3n) is 2.08. The summed E-state index contributed by atoms with van der Waals surface area (Å²) in [4.78, 5) is 10.7. The Morgan fingerprint density at radius 1 is 1.14 bits per heavy atom. The first-order valence-electron chi connectivity index (χ1n) is 4.60. The lowest BCUT2D eigenvalue weighted by Gasteiger charge is -2.04. The van der Waals surface area contributed by atoms with Gasteiger partial charge in [-0.3, -0.25) is 4.79 Å². The topological polar surface area (TPSA) is 17.1 Å². The van der Waals surface area contributed by atoms with Gasteiger partial charge >= 0.3 is 0 Å². The molecular formula is C13H14O. The first-order valence-corrected chi connectivity index (χ1v) is 4.60. The molecule has 0 atom stereocenters. The van der Waals surface area contributed by atoms with Crippen LogP contribution in [-0.2, 0) is 12.8 Å². The SMILES string of the molecule is C=CCc1ccc(C=O)c(CC=C)c1. The summed E-state index contributed by atoms with van der Waals surface area (Å²) in [5.74, 6) is 0. The van der Waals surface area contributed by atoms with E-state index in [-0.39, 0.29) is 0 Å². The molecule has 0 heterocycles. The largest absolute Gasteiger partial charge is 0.298 e. The molecular weight excluding hydrogens is 172 g/mol. The van der Waals surface area contributed by atoms with Gasteiger partial charge in [-0.05, 0) is 24.0 Å². The average Bonchev–Trinajstić information content (AvgIpc) is 2.19. The Morgan fingerprint density at radius 3 is 2.43 bits per heavy atom. The van der Waals surface area contributed by atoms with Crippen molar-refractivity contribution >= 4 is 6.29 Å². The second-order valence-corrected chi connectivity index (χ2v) is 3.14. The highest BCUT2D eigenvalue weighted by Crippen LogP contribution is 2.12. The third kappa shape index (κ3) is 2.43. The molecule has 0 aliphatic heterocycles. The number of hydrogen-bond donors (Lipinski definition) is 0. The molecule has 0 aliphatic rings. The molecule has 1 nitrogen and oxygen atoms in total. The average molecular weight is 186 g/mol. The van der Waals surface area contributed by atoms with Crippen molar-refractivity contribution in [2.75, 3.05) is 0 Å². The number of hydrogen-bond acceptors (Lipinski definition) is 1. The normalized spacial score (nSPS) is 9.43. The van der Waals surface area contributed by atoms with Gasteiger partial charge < -0.3 is 0 Å². The van der Waals surface area contributed by atoms with Crippen LogP contribution in [0.4, 0.5) is 0 Å². The zero-order valence-corrected chi connectivity index (χ0v) is 8.20. The molecule has 0 saturated heterocycles. The fraction of sp³-hybridized carbons (Fsp3) is 0.154. The summed E-state index contributed by atoms with van der Waals surface area (Å²) in [6.07, 6.45) is 6.12. The van der Waals surface area contributed by atoms with Crippen LogP contribution in [-0.4, -0.2) is 6.29 Å². The number of aldehydes is 1. The molecule has 0 saturated carbocycles. The molecule has 0 aromatic heterocycles. The molecule has 14 heavy (non-hydrogen) atoms. The van der Waals surface area contributed by atoms with Crippen LogP contribution in [0.3, 0.4) is 0 Å². The monoisotopic (exact) mass is 186 g/mol. The lowest BCUT2D eigenvalue weighted by molar-refractivity contribution is 0.112. The van der Waals surface area contributed by atoms with Crippen LogP contribution in [0.15, 0.2) is 43.5 Å². The first-order chi connectivity index (χ1) is 6.81. The molecule has 1 aromatic rings. The highest BCUT2D eigenvalue weighted by molar-refractivity contribution is 5.77. The molecule has 0 unspecified atom stereocenters. The van der Waals surface area contributed by atoms with Crippen molar-refractivity contribution in [1.29, 1.82) is 0 Å². The summed E-state index contributed by atoms with van der Waals surface area (Å²) in [7, 11) is 0. The highest BCUT2D eigenvalue weighted by Gasteiger charge is 2.00. The molecule has 72 valence electrons. The van der Waals surface area contributed by atoms with E-state index in [1.54, 1.807) is 6.08 Å². The minimum absolute atomic E-state index is 0.735. The van der Waals surface area contributed by atoms with Crippen molar-refractivity contribution in [1.82, 2.24) is 0 Å². The lowest BCUT2D eigenvalue weighted by Crippen LogP contribution is -1.93.